The highest BCUT2D eigenvalue weighted by Gasteiger charge is 2.24. The second kappa shape index (κ2) is 8.93. The van der Waals surface area contributed by atoms with Gasteiger partial charge in [-0.25, -0.2) is 9.78 Å². The van der Waals surface area contributed by atoms with Gasteiger partial charge in [0.1, 0.15) is 5.82 Å². The molecule has 0 fully saturated rings. The summed E-state index contributed by atoms with van der Waals surface area (Å²) < 4.78 is 6.24. The first-order valence-electron chi connectivity index (χ1n) is 10.1. The Kier molecular flexibility index (Phi) is 5.89. The van der Waals surface area contributed by atoms with Crippen molar-refractivity contribution in [3.05, 3.63) is 91.8 Å². The van der Waals surface area contributed by atoms with Gasteiger partial charge in [-0.3, -0.25) is 19.1 Å². The Hall–Kier alpha value is -4.14. The van der Waals surface area contributed by atoms with Gasteiger partial charge >= 0.3 is 5.69 Å². The topological polar surface area (TPSA) is 109 Å². The molecule has 2 aromatic heterocycles. The number of H-pyrrole nitrogens is 1. The maximum Gasteiger partial charge on any atom is 0.330 e. The van der Waals surface area contributed by atoms with E-state index in [0.29, 0.717) is 17.3 Å². The number of likely N-dealkylation sites (N-methyl/N-ethyl adjacent to an activating group) is 1. The molecule has 0 radical (unpaired) electrons. The van der Waals surface area contributed by atoms with E-state index in [1.54, 1.807) is 36.4 Å². The molecule has 9 nitrogen and oxygen atoms in total. The van der Waals surface area contributed by atoms with Crippen LogP contribution in [0, 0.1) is 0 Å². The second-order valence-electron chi connectivity index (χ2n) is 7.48. The highest BCUT2D eigenvalue weighted by Crippen LogP contribution is 2.22. The van der Waals surface area contributed by atoms with Gasteiger partial charge in [-0.15, -0.1) is 0 Å². The first kappa shape index (κ1) is 21.1. The van der Waals surface area contributed by atoms with Crippen molar-refractivity contribution in [3.63, 3.8) is 0 Å². The minimum Gasteiger partial charge on any atom is -0.481 e. The molecule has 0 saturated heterocycles. The number of aromatic amines is 1. The SMILES string of the molecule is COc1cc(CNC(=O)C2=Cc3c([nH]c(=O)n(Cc4ccccc4)c3=O)N(C)C2)ccn1. The third kappa shape index (κ3) is 4.31. The molecule has 0 aliphatic carbocycles. The van der Waals surface area contributed by atoms with Crippen LogP contribution in [0.4, 0.5) is 5.82 Å². The number of methoxy groups -OCH3 is 1. The lowest BCUT2D eigenvalue weighted by atomic mass is 10.1. The largest absolute Gasteiger partial charge is 0.481 e. The smallest absolute Gasteiger partial charge is 0.330 e. The highest BCUT2D eigenvalue weighted by atomic mass is 16.5. The van der Waals surface area contributed by atoms with Crippen LogP contribution in [0.3, 0.4) is 0 Å². The van der Waals surface area contributed by atoms with Crippen LogP contribution < -0.4 is 26.2 Å². The normalized spacial score (nSPS) is 12.7. The van der Waals surface area contributed by atoms with Crippen LogP contribution in [-0.2, 0) is 17.9 Å². The van der Waals surface area contributed by atoms with Crippen molar-refractivity contribution in [1.82, 2.24) is 19.9 Å². The third-order valence-electron chi connectivity index (χ3n) is 5.25. The van der Waals surface area contributed by atoms with Gasteiger partial charge in [0.15, 0.2) is 0 Å². The molecule has 0 atom stereocenters. The van der Waals surface area contributed by atoms with Crippen molar-refractivity contribution in [2.75, 3.05) is 25.6 Å². The standard InChI is InChI=1S/C23H23N5O4/c1-27-14-17(21(29)25-12-16-8-9-24-19(10-16)32-2)11-18-20(27)26-23(31)28(22(18)30)13-15-6-4-3-5-7-15/h3-11H,12-14H2,1-2H3,(H,25,29)(H,26,31). The minimum atomic E-state index is -0.489. The number of hydrogen-bond acceptors (Lipinski definition) is 6. The number of nitrogens with one attached hydrogen (secondary N) is 2. The van der Waals surface area contributed by atoms with Crippen molar-refractivity contribution in [3.8, 4) is 5.88 Å². The van der Waals surface area contributed by atoms with Crippen LogP contribution in [0.2, 0.25) is 0 Å². The maximum atomic E-state index is 13.1. The fraction of sp³-hybridized carbons (Fsp3) is 0.217. The molecule has 3 aromatic rings. The van der Waals surface area contributed by atoms with Crippen LogP contribution in [0.1, 0.15) is 16.7 Å². The predicted molar refractivity (Wildman–Crippen MR) is 121 cm³/mol. The van der Waals surface area contributed by atoms with E-state index < -0.39 is 11.2 Å². The summed E-state index contributed by atoms with van der Waals surface area (Å²) in [4.78, 5) is 47.0. The zero-order valence-corrected chi connectivity index (χ0v) is 17.8. The lowest BCUT2D eigenvalue weighted by Crippen LogP contribution is -2.42. The van der Waals surface area contributed by atoms with Gasteiger partial charge in [0.25, 0.3) is 5.56 Å². The second-order valence-corrected chi connectivity index (χ2v) is 7.48. The zero-order valence-electron chi connectivity index (χ0n) is 17.8. The number of pyridine rings is 1. The van der Waals surface area contributed by atoms with Gasteiger partial charge in [0.2, 0.25) is 11.8 Å². The van der Waals surface area contributed by atoms with Crippen LogP contribution in [0.25, 0.3) is 6.08 Å². The molecule has 32 heavy (non-hydrogen) atoms. The van der Waals surface area contributed by atoms with Crippen molar-refractivity contribution in [2.24, 2.45) is 0 Å². The number of carbonyl (C=O) groups is 1. The summed E-state index contributed by atoms with van der Waals surface area (Å²) in [5, 5.41) is 2.86. The summed E-state index contributed by atoms with van der Waals surface area (Å²) in [6.07, 6.45) is 3.16. The molecule has 3 heterocycles. The van der Waals surface area contributed by atoms with Gasteiger partial charge in [-0.05, 0) is 23.3 Å². The summed E-state index contributed by atoms with van der Waals surface area (Å²) >= 11 is 0. The molecule has 2 N–H and O–H groups in total. The average molecular weight is 433 g/mol. The molecule has 0 saturated carbocycles. The van der Waals surface area contributed by atoms with Crippen molar-refractivity contribution >= 4 is 17.8 Å². The molecule has 1 aliphatic heterocycles. The zero-order chi connectivity index (χ0) is 22.7. The van der Waals surface area contributed by atoms with Crippen LogP contribution in [-0.4, -0.2) is 41.1 Å². The number of ether oxygens (including phenoxy) is 1. The fourth-order valence-electron chi connectivity index (χ4n) is 3.58. The van der Waals surface area contributed by atoms with Crippen LogP contribution in [0.15, 0.2) is 63.8 Å². The Labute approximate surface area is 184 Å². The Bertz CT molecular complexity index is 1290. The Morgan fingerprint density at radius 1 is 1.19 bits per heavy atom. The molecule has 164 valence electrons. The number of nitrogens with zero attached hydrogens (tertiary/aromatic N) is 3. The van der Waals surface area contributed by atoms with E-state index in [-0.39, 0.29) is 31.1 Å². The Morgan fingerprint density at radius 2 is 1.97 bits per heavy atom. The predicted octanol–water partition coefficient (Wildman–Crippen LogP) is 1.14. The summed E-state index contributed by atoms with van der Waals surface area (Å²) in [5.41, 5.74) is 1.45. The van der Waals surface area contributed by atoms with Gasteiger partial charge in [0, 0.05) is 38.0 Å². The third-order valence-corrected chi connectivity index (χ3v) is 5.25. The number of anilines is 1. The van der Waals surface area contributed by atoms with Crippen LogP contribution >= 0.6 is 0 Å². The monoisotopic (exact) mass is 433 g/mol. The van der Waals surface area contributed by atoms with E-state index in [2.05, 4.69) is 15.3 Å². The summed E-state index contributed by atoms with van der Waals surface area (Å²) in [6, 6.07) is 12.8. The summed E-state index contributed by atoms with van der Waals surface area (Å²) in [6.45, 7) is 0.692. The number of hydrogen-bond donors (Lipinski definition) is 2. The Balaban J connectivity index is 1.60. The minimum absolute atomic E-state index is 0.144. The molecule has 1 aliphatic rings. The maximum absolute atomic E-state index is 13.1. The molecule has 1 aromatic carbocycles. The van der Waals surface area contributed by atoms with Gasteiger partial charge in [-0.1, -0.05) is 30.3 Å². The summed E-state index contributed by atoms with van der Waals surface area (Å²) in [5.74, 6) is 0.573. The number of carbonyl (C=O) groups excluding carboxylic acids is 1. The number of fused-ring (bicyclic) bond motifs is 1. The van der Waals surface area contributed by atoms with Crippen molar-refractivity contribution in [1.29, 1.82) is 0 Å². The molecule has 0 bridgehead atoms. The van der Waals surface area contributed by atoms with E-state index in [1.165, 1.54) is 7.11 Å². The quantitative estimate of drug-likeness (QED) is 0.603. The van der Waals surface area contributed by atoms with Gasteiger partial charge < -0.3 is 15.0 Å². The first-order valence-corrected chi connectivity index (χ1v) is 10.1. The van der Waals surface area contributed by atoms with E-state index >= 15 is 0 Å². The van der Waals surface area contributed by atoms with Crippen molar-refractivity contribution in [2.45, 2.75) is 13.1 Å². The fourth-order valence-corrected chi connectivity index (χ4v) is 3.58. The van der Waals surface area contributed by atoms with E-state index in [1.807, 2.05) is 30.3 Å². The molecule has 0 spiro atoms. The van der Waals surface area contributed by atoms with Gasteiger partial charge in [0.05, 0.1) is 19.2 Å². The molecule has 9 heteroatoms. The van der Waals surface area contributed by atoms with Gasteiger partial charge in [-0.2, -0.15) is 0 Å². The average Bonchev–Trinajstić information content (AvgIpc) is 2.81. The lowest BCUT2D eigenvalue weighted by Gasteiger charge is -2.26. The highest BCUT2D eigenvalue weighted by molar-refractivity contribution is 6.00. The lowest BCUT2D eigenvalue weighted by molar-refractivity contribution is -0.117. The molecular weight excluding hydrogens is 410 g/mol. The van der Waals surface area contributed by atoms with E-state index in [0.717, 1.165) is 15.7 Å². The number of amides is 1. The number of rotatable bonds is 6. The molecule has 1 amide bonds. The molecule has 0 unspecified atom stereocenters. The summed E-state index contributed by atoms with van der Waals surface area (Å²) in [7, 11) is 3.25. The van der Waals surface area contributed by atoms with E-state index in [9.17, 15) is 14.4 Å². The Morgan fingerprint density at radius 3 is 2.72 bits per heavy atom. The van der Waals surface area contributed by atoms with Crippen LogP contribution in [0.5, 0.6) is 5.88 Å². The van der Waals surface area contributed by atoms with E-state index in [4.69, 9.17) is 4.74 Å². The first-order chi connectivity index (χ1) is 15.5. The number of benzene rings is 1. The number of aromatic nitrogens is 3. The molecular formula is C23H23N5O4. The van der Waals surface area contributed by atoms with Crippen molar-refractivity contribution < 1.29 is 9.53 Å². The molecule has 4 rings (SSSR count).